The van der Waals surface area contributed by atoms with Crippen LogP contribution >= 0.6 is 27.3 Å². The summed E-state index contributed by atoms with van der Waals surface area (Å²) in [5, 5.41) is 2.88. The van der Waals surface area contributed by atoms with Crippen LogP contribution in [-0.4, -0.2) is 12.1 Å². The Bertz CT molecular complexity index is 424. The normalized spacial score (nSPS) is 10.1. The highest BCUT2D eigenvalue weighted by Gasteiger charge is 2.03. The van der Waals surface area contributed by atoms with Gasteiger partial charge in [0.05, 0.1) is 12.5 Å². The predicted octanol–water partition coefficient (Wildman–Crippen LogP) is 3.58. The molecule has 0 unspecified atom stereocenters. The lowest BCUT2D eigenvalue weighted by atomic mass is 10.2. The van der Waals surface area contributed by atoms with Gasteiger partial charge < -0.3 is 4.74 Å². The molecule has 0 atom stereocenters. The lowest BCUT2D eigenvalue weighted by Gasteiger charge is -1.95. The smallest absolute Gasteiger partial charge is 0.224 e. The molecule has 72 valence electrons. The van der Waals surface area contributed by atoms with E-state index in [1.807, 2.05) is 29.6 Å². The predicted molar refractivity (Wildman–Crippen MR) is 61.8 cm³/mol. The fourth-order valence-electron chi connectivity index (χ4n) is 1.08. The summed E-state index contributed by atoms with van der Waals surface area (Å²) in [7, 11) is 1.63. The van der Waals surface area contributed by atoms with Crippen LogP contribution in [0.4, 0.5) is 0 Å². The van der Waals surface area contributed by atoms with E-state index in [1.165, 1.54) is 0 Å². The Morgan fingerprint density at radius 1 is 1.29 bits per heavy atom. The fourth-order valence-corrected chi connectivity index (χ4v) is 2.12. The van der Waals surface area contributed by atoms with E-state index in [4.69, 9.17) is 4.74 Å². The largest absolute Gasteiger partial charge is 0.480 e. The molecule has 0 bridgehead atoms. The summed E-state index contributed by atoms with van der Waals surface area (Å²) in [4.78, 5) is 4.31. The van der Waals surface area contributed by atoms with Crippen molar-refractivity contribution in [2.24, 2.45) is 0 Å². The van der Waals surface area contributed by atoms with Gasteiger partial charge >= 0.3 is 0 Å². The first kappa shape index (κ1) is 9.68. The van der Waals surface area contributed by atoms with E-state index >= 15 is 0 Å². The van der Waals surface area contributed by atoms with Gasteiger partial charge in [0.15, 0.2) is 0 Å². The molecule has 0 radical (unpaired) electrons. The second-order valence-corrected chi connectivity index (χ2v) is 4.48. The molecule has 0 saturated carbocycles. The summed E-state index contributed by atoms with van der Waals surface area (Å²) < 4.78 is 6.10. The SMILES string of the molecule is COc1csc(-c2ccc(Br)cc2)n1. The Hall–Kier alpha value is -0.870. The zero-order chi connectivity index (χ0) is 9.97. The van der Waals surface area contributed by atoms with Gasteiger partial charge in [-0.05, 0) is 12.1 Å². The molecule has 14 heavy (non-hydrogen) atoms. The molecule has 2 rings (SSSR count). The van der Waals surface area contributed by atoms with Crippen LogP contribution in [0.5, 0.6) is 5.88 Å². The van der Waals surface area contributed by atoms with Gasteiger partial charge in [0.2, 0.25) is 5.88 Å². The molecule has 1 aromatic carbocycles. The summed E-state index contributed by atoms with van der Waals surface area (Å²) in [6.45, 7) is 0. The van der Waals surface area contributed by atoms with Crippen molar-refractivity contribution in [2.75, 3.05) is 7.11 Å². The van der Waals surface area contributed by atoms with E-state index in [1.54, 1.807) is 18.4 Å². The van der Waals surface area contributed by atoms with Crippen LogP contribution in [0.15, 0.2) is 34.1 Å². The number of ether oxygens (including phenoxy) is 1. The second-order valence-electron chi connectivity index (χ2n) is 2.70. The summed E-state index contributed by atoms with van der Waals surface area (Å²) >= 11 is 4.98. The van der Waals surface area contributed by atoms with E-state index in [0.717, 1.165) is 15.0 Å². The molecule has 0 aliphatic carbocycles. The fraction of sp³-hybridized carbons (Fsp3) is 0.100. The number of methoxy groups -OCH3 is 1. The maximum atomic E-state index is 5.03. The number of hydrogen-bond donors (Lipinski definition) is 0. The van der Waals surface area contributed by atoms with Gasteiger partial charge in [-0.3, -0.25) is 0 Å². The average Bonchev–Trinajstić information content (AvgIpc) is 2.67. The van der Waals surface area contributed by atoms with Crippen molar-refractivity contribution >= 4 is 27.3 Å². The van der Waals surface area contributed by atoms with Crippen molar-refractivity contribution in [3.63, 3.8) is 0 Å². The number of benzene rings is 1. The maximum absolute atomic E-state index is 5.03. The van der Waals surface area contributed by atoms with Crippen molar-refractivity contribution in [2.45, 2.75) is 0 Å². The third kappa shape index (κ3) is 1.96. The molecule has 0 amide bonds. The third-order valence-electron chi connectivity index (χ3n) is 1.78. The average molecular weight is 270 g/mol. The molecule has 0 spiro atoms. The Morgan fingerprint density at radius 2 is 2.00 bits per heavy atom. The molecule has 4 heteroatoms. The van der Waals surface area contributed by atoms with Gasteiger partial charge in [-0.1, -0.05) is 28.1 Å². The van der Waals surface area contributed by atoms with Gasteiger partial charge in [0.25, 0.3) is 0 Å². The lowest BCUT2D eigenvalue weighted by Crippen LogP contribution is -1.81. The minimum absolute atomic E-state index is 0.674. The van der Waals surface area contributed by atoms with E-state index in [2.05, 4.69) is 20.9 Å². The van der Waals surface area contributed by atoms with E-state index < -0.39 is 0 Å². The van der Waals surface area contributed by atoms with Crippen molar-refractivity contribution in [3.8, 4) is 16.5 Å². The van der Waals surface area contributed by atoms with Crippen LogP contribution in [-0.2, 0) is 0 Å². The monoisotopic (exact) mass is 269 g/mol. The molecule has 0 fully saturated rings. The molecule has 1 aromatic heterocycles. The number of hydrogen-bond acceptors (Lipinski definition) is 3. The number of nitrogens with zero attached hydrogens (tertiary/aromatic N) is 1. The van der Waals surface area contributed by atoms with Crippen LogP contribution in [0.3, 0.4) is 0 Å². The quantitative estimate of drug-likeness (QED) is 0.832. The summed E-state index contributed by atoms with van der Waals surface area (Å²) in [6.07, 6.45) is 0. The maximum Gasteiger partial charge on any atom is 0.224 e. The van der Waals surface area contributed by atoms with Crippen LogP contribution in [0.1, 0.15) is 0 Å². The molecular formula is C10H8BrNOS. The highest BCUT2D eigenvalue weighted by molar-refractivity contribution is 9.10. The molecule has 0 saturated heterocycles. The minimum Gasteiger partial charge on any atom is -0.480 e. The second kappa shape index (κ2) is 4.11. The summed E-state index contributed by atoms with van der Waals surface area (Å²) in [5.74, 6) is 0.674. The molecular weight excluding hydrogens is 262 g/mol. The van der Waals surface area contributed by atoms with Crippen LogP contribution in [0.2, 0.25) is 0 Å². The van der Waals surface area contributed by atoms with Crippen molar-refractivity contribution < 1.29 is 4.74 Å². The van der Waals surface area contributed by atoms with Gasteiger partial charge in [-0.25, -0.2) is 4.98 Å². The first-order valence-electron chi connectivity index (χ1n) is 4.05. The van der Waals surface area contributed by atoms with Crippen molar-refractivity contribution in [3.05, 3.63) is 34.1 Å². The van der Waals surface area contributed by atoms with Crippen LogP contribution < -0.4 is 4.74 Å². The van der Waals surface area contributed by atoms with Crippen LogP contribution in [0, 0.1) is 0 Å². The highest BCUT2D eigenvalue weighted by atomic mass is 79.9. The van der Waals surface area contributed by atoms with Gasteiger partial charge in [0, 0.05) is 10.0 Å². The highest BCUT2D eigenvalue weighted by Crippen LogP contribution is 2.27. The number of rotatable bonds is 2. The first-order chi connectivity index (χ1) is 6.79. The first-order valence-corrected chi connectivity index (χ1v) is 5.72. The number of thiazole rings is 1. The summed E-state index contributed by atoms with van der Waals surface area (Å²) in [5.41, 5.74) is 1.11. The van der Waals surface area contributed by atoms with E-state index in [9.17, 15) is 0 Å². The number of aromatic nitrogens is 1. The Morgan fingerprint density at radius 3 is 2.57 bits per heavy atom. The van der Waals surface area contributed by atoms with Crippen LogP contribution in [0.25, 0.3) is 10.6 Å². The van der Waals surface area contributed by atoms with E-state index in [-0.39, 0.29) is 0 Å². The minimum atomic E-state index is 0.674. The molecule has 0 N–H and O–H groups in total. The van der Waals surface area contributed by atoms with Gasteiger partial charge in [-0.2, -0.15) is 0 Å². The molecule has 1 heterocycles. The number of halogens is 1. The Labute approximate surface area is 94.7 Å². The standard InChI is InChI=1S/C10H8BrNOS/c1-13-9-6-14-10(12-9)7-2-4-8(11)5-3-7/h2-6H,1H3. The topological polar surface area (TPSA) is 22.1 Å². The molecule has 0 aliphatic heterocycles. The van der Waals surface area contributed by atoms with Crippen molar-refractivity contribution in [1.82, 2.24) is 4.98 Å². The van der Waals surface area contributed by atoms with Crippen molar-refractivity contribution in [1.29, 1.82) is 0 Å². The van der Waals surface area contributed by atoms with Gasteiger partial charge in [0.1, 0.15) is 5.01 Å². The molecule has 2 nitrogen and oxygen atoms in total. The Balaban J connectivity index is 2.34. The molecule has 2 aromatic rings. The molecule has 0 aliphatic rings. The lowest BCUT2D eigenvalue weighted by molar-refractivity contribution is 0.401. The Kier molecular flexibility index (Phi) is 2.84. The van der Waals surface area contributed by atoms with Gasteiger partial charge in [-0.15, -0.1) is 11.3 Å². The zero-order valence-corrected chi connectivity index (χ0v) is 9.93. The zero-order valence-electron chi connectivity index (χ0n) is 7.53. The third-order valence-corrected chi connectivity index (χ3v) is 3.18. The summed E-state index contributed by atoms with van der Waals surface area (Å²) in [6, 6.07) is 8.07. The van der Waals surface area contributed by atoms with E-state index in [0.29, 0.717) is 5.88 Å².